The van der Waals surface area contributed by atoms with Gasteiger partial charge in [0.1, 0.15) is 5.60 Å². The number of β-amino-alcohol motifs (C(OH)–C–C–N with tert-alkyl or cyclic N) is 1. The van der Waals surface area contributed by atoms with E-state index in [9.17, 15) is 14.7 Å². The summed E-state index contributed by atoms with van der Waals surface area (Å²) in [6, 6.07) is 0. The van der Waals surface area contributed by atoms with Crippen LogP contribution in [-0.2, 0) is 20.7 Å². The first-order valence-corrected chi connectivity index (χ1v) is 8.12. The number of rotatable bonds is 4. The molecule has 1 fully saturated rings. The normalized spacial score (nSPS) is 20.9. The lowest BCUT2D eigenvalue weighted by molar-refractivity contribution is -0.133. The Bertz CT molecular complexity index is 643. The molecule has 138 valence electrons. The molecule has 9 heteroatoms. The Labute approximate surface area is 146 Å². The Kier molecular flexibility index (Phi) is 5.91. The summed E-state index contributed by atoms with van der Waals surface area (Å²) < 4.78 is 5.40. The number of aliphatic hydroxyl groups is 1. The van der Waals surface area contributed by atoms with Gasteiger partial charge >= 0.3 is 0 Å². The quantitative estimate of drug-likeness (QED) is 0.630. The van der Waals surface area contributed by atoms with E-state index in [1.807, 2.05) is 0 Å². The number of nitrogens with two attached hydrogens (primary N) is 1. The summed E-state index contributed by atoms with van der Waals surface area (Å²) in [4.78, 5) is 33.6. The van der Waals surface area contributed by atoms with Gasteiger partial charge in [-0.25, -0.2) is 9.97 Å². The van der Waals surface area contributed by atoms with E-state index < -0.39 is 5.60 Å². The third-order valence-electron chi connectivity index (χ3n) is 4.15. The summed E-state index contributed by atoms with van der Waals surface area (Å²) in [6.07, 6.45) is 0.119. The summed E-state index contributed by atoms with van der Waals surface area (Å²) in [6.45, 7) is 5.80. The number of nitrogen functional groups attached to an aromatic ring is 1. The molecule has 0 saturated carbocycles. The lowest BCUT2D eigenvalue weighted by Gasteiger charge is -2.31. The SMILES string of the molecule is CC(=O)NC[C@]1(O)COCCN(C(=O)Cc2c(C)nc(N)nc2C)C1. The van der Waals surface area contributed by atoms with E-state index in [-0.39, 0.29) is 43.9 Å². The molecule has 0 radical (unpaired) electrons. The molecule has 4 N–H and O–H groups in total. The van der Waals surface area contributed by atoms with E-state index in [0.29, 0.717) is 24.5 Å². The minimum Gasteiger partial charge on any atom is -0.384 e. The Balaban J connectivity index is 2.11. The first-order chi connectivity index (χ1) is 11.7. The molecule has 1 aromatic rings. The zero-order chi connectivity index (χ0) is 18.6. The smallest absolute Gasteiger partial charge is 0.227 e. The van der Waals surface area contributed by atoms with Crippen molar-refractivity contribution < 1.29 is 19.4 Å². The van der Waals surface area contributed by atoms with E-state index in [1.165, 1.54) is 6.92 Å². The van der Waals surface area contributed by atoms with Gasteiger partial charge in [-0.15, -0.1) is 0 Å². The predicted octanol–water partition coefficient (Wildman–Crippen LogP) is -1.06. The van der Waals surface area contributed by atoms with Crippen molar-refractivity contribution >= 4 is 17.8 Å². The number of hydrogen-bond acceptors (Lipinski definition) is 7. The molecule has 0 aromatic carbocycles. The third kappa shape index (κ3) is 5.10. The highest BCUT2D eigenvalue weighted by Crippen LogP contribution is 2.16. The van der Waals surface area contributed by atoms with Crippen molar-refractivity contribution in [3.05, 3.63) is 17.0 Å². The number of anilines is 1. The number of hydrogen-bond donors (Lipinski definition) is 3. The number of nitrogens with zero attached hydrogens (tertiary/aromatic N) is 3. The zero-order valence-electron chi connectivity index (χ0n) is 14.8. The Morgan fingerprint density at radius 2 is 2.00 bits per heavy atom. The lowest BCUT2D eigenvalue weighted by Crippen LogP contribution is -2.53. The van der Waals surface area contributed by atoms with Gasteiger partial charge in [0.25, 0.3) is 0 Å². The molecule has 2 rings (SSSR count). The standard InChI is InChI=1S/C16H25N5O4/c1-10-13(11(2)20-15(17)19-10)6-14(23)21-4-5-25-9-16(24,8-21)7-18-12(3)22/h24H,4-9H2,1-3H3,(H,18,22)(H2,17,19,20)/t16-/m1/s1. The summed E-state index contributed by atoms with van der Waals surface area (Å²) in [7, 11) is 0. The Hall–Kier alpha value is -2.26. The van der Waals surface area contributed by atoms with Gasteiger partial charge in [0, 0.05) is 30.4 Å². The second kappa shape index (κ2) is 7.75. The van der Waals surface area contributed by atoms with E-state index in [0.717, 1.165) is 5.56 Å². The van der Waals surface area contributed by atoms with E-state index >= 15 is 0 Å². The summed E-state index contributed by atoms with van der Waals surface area (Å²) in [5, 5.41) is 13.2. The van der Waals surface area contributed by atoms with Crippen LogP contribution in [0.1, 0.15) is 23.9 Å². The molecule has 9 nitrogen and oxygen atoms in total. The molecule has 1 aliphatic heterocycles. The number of ether oxygens (including phenoxy) is 1. The van der Waals surface area contributed by atoms with Crippen LogP contribution in [0.15, 0.2) is 0 Å². The van der Waals surface area contributed by atoms with Crippen molar-refractivity contribution in [1.82, 2.24) is 20.2 Å². The molecule has 0 bridgehead atoms. The zero-order valence-corrected chi connectivity index (χ0v) is 14.8. The number of carbonyl (C=O) groups is 2. The number of nitrogens with one attached hydrogen (secondary N) is 1. The van der Waals surface area contributed by atoms with Crippen molar-refractivity contribution in [2.24, 2.45) is 0 Å². The Morgan fingerprint density at radius 3 is 2.60 bits per heavy atom. The molecule has 1 saturated heterocycles. The molecule has 0 unspecified atom stereocenters. The van der Waals surface area contributed by atoms with Crippen molar-refractivity contribution in [3.8, 4) is 0 Å². The van der Waals surface area contributed by atoms with Crippen LogP contribution < -0.4 is 11.1 Å². The van der Waals surface area contributed by atoms with Crippen LogP contribution in [0.25, 0.3) is 0 Å². The van der Waals surface area contributed by atoms with Crippen LogP contribution in [0.4, 0.5) is 5.95 Å². The Morgan fingerprint density at radius 1 is 1.36 bits per heavy atom. The van der Waals surface area contributed by atoms with E-state index in [2.05, 4.69) is 15.3 Å². The van der Waals surface area contributed by atoms with Gasteiger partial charge in [0.05, 0.1) is 32.7 Å². The largest absolute Gasteiger partial charge is 0.384 e. The highest BCUT2D eigenvalue weighted by molar-refractivity contribution is 5.79. The topological polar surface area (TPSA) is 131 Å². The van der Waals surface area contributed by atoms with Gasteiger partial charge in [-0.05, 0) is 13.8 Å². The van der Waals surface area contributed by atoms with Gasteiger partial charge in [-0.2, -0.15) is 0 Å². The first-order valence-electron chi connectivity index (χ1n) is 8.12. The molecular formula is C16H25N5O4. The molecule has 0 spiro atoms. The molecule has 0 aliphatic carbocycles. The van der Waals surface area contributed by atoms with Crippen LogP contribution in [0, 0.1) is 13.8 Å². The number of carbonyl (C=O) groups excluding carboxylic acids is 2. The maximum Gasteiger partial charge on any atom is 0.227 e. The second-order valence-electron chi connectivity index (χ2n) is 6.41. The molecule has 1 aromatic heterocycles. The van der Waals surface area contributed by atoms with Gasteiger partial charge in [0.15, 0.2) is 0 Å². The molecule has 2 amide bonds. The third-order valence-corrected chi connectivity index (χ3v) is 4.15. The lowest BCUT2D eigenvalue weighted by atomic mass is 10.0. The van der Waals surface area contributed by atoms with Crippen LogP contribution >= 0.6 is 0 Å². The predicted molar refractivity (Wildman–Crippen MR) is 90.7 cm³/mol. The van der Waals surface area contributed by atoms with Crippen LogP contribution in [0.5, 0.6) is 0 Å². The maximum absolute atomic E-state index is 12.7. The van der Waals surface area contributed by atoms with Crippen molar-refractivity contribution in [3.63, 3.8) is 0 Å². The fourth-order valence-electron chi connectivity index (χ4n) is 2.81. The average Bonchev–Trinajstić information content (AvgIpc) is 2.71. The summed E-state index contributed by atoms with van der Waals surface area (Å²) >= 11 is 0. The van der Waals surface area contributed by atoms with Gasteiger partial charge < -0.3 is 25.8 Å². The van der Waals surface area contributed by atoms with Crippen molar-refractivity contribution in [2.75, 3.05) is 38.6 Å². The average molecular weight is 351 g/mol. The van der Waals surface area contributed by atoms with Gasteiger partial charge in [0.2, 0.25) is 17.8 Å². The van der Waals surface area contributed by atoms with Crippen molar-refractivity contribution in [1.29, 1.82) is 0 Å². The molecular weight excluding hydrogens is 326 g/mol. The van der Waals surface area contributed by atoms with Gasteiger partial charge in [-0.1, -0.05) is 0 Å². The molecule has 1 aliphatic rings. The van der Waals surface area contributed by atoms with E-state index in [4.69, 9.17) is 10.5 Å². The van der Waals surface area contributed by atoms with Crippen molar-refractivity contribution in [2.45, 2.75) is 32.8 Å². The minimum atomic E-state index is -1.32. The molecule has 1 atom stereocenters. The highest BCUT2D eigenvalue weighted by atomic mass is 16.5. The van der Waals surface area contributed by atoms with Crippen LogP contribution in [0.2, 0.25) is 0 Å². The fraction of sp³-hybridized carbons (Fsp3) is 0.625. The number of aromatic nitrogens is 2. The molecule has 2 heterocycles. The second-order valence-corrected chi connectivity index (χ2v) is 6.41. The molecule has 25 heavy (non-hydrogen) atoms. The summed E-state index contributed by atoms with van der Waals surface area (Å²) in [5.74, 6) is -0.230. The van der Waals surface area contributed by atoms with Crippen LogP contribution in [0.3, 0.4) is 0 Å². The van der Waals surface area contributed by atoms with Gasteiger partial charge in [-0.3, -0.25) is 9.59 Å². The van der Waals surface area contributed by atoms with E-state index in [1.54, 1.807) is 18.7 Å². The number of aryl methyl sites for hydroxylation is 2. The number of amides is 2. The highest BCUT2D eigenvalue weighted by Gasteiger charge is 2.34. The maximum atomic E-state index is 12.7. The van der Waals surface area contributed by atoms with Crippen LogP contribution in [-0.4, -0.2) is 70.2 Å². The minimum absolute atomic E-state index is 0.0230. The monoisotopic (exact) mass is 351 g/mol. The summed E-state index contributed by atoms with van der Waals surface area (Å²) in [5.41, 5.74) is 6.36. The first kappa shape index (κ1) is 19.1. The fourth-order valence-corrected chi connectivity index (χ4v) is 2.81.